The van der Waals surface area contributed by atoms with Crippen molar-refractivity contribution in [1.82, 2.24) is 4.90 Å². The number of likely N-dealkylation sites (tertiary alicyclic amines) is 1. The Labute approximate surface area is 129 Å². The summed E-state index contributed by atoms with van der Waals surface area (Å²) in [5.41, 5.74) is 7.09. The fourth-order valence-corrected chi connectivity index (χ4v) is 2.71. The predicted octanol–water partition coefficient (Wildman–Crippen LogP) is 2.40. The highest BCUT2D eigenvalue weighted by atomic mass is 35.5. The van der Waals surface area contributed by atoms with Gasteiger partial charge in [-0.05, 0) is 38.0 Å². The van der Waals surface area contributed by atoms with Crippen LogP contribution in [0.15, 0.2) is 18.2 Å². The number of hydrogen-bond donors (Lipinski definition) is 2. The van der Waals surface area contributed by atoms with Crippen LogP contribution >= 0.6 is 23.8 Å². The number of nitrogens with two attached hydrogens (primary N) is 1. The molecule has 1 saturated heterocycles. The van der Waals surface area contributed by atoms with Crippen LogP contribution in [0.5, 0.6) is 0 Å². The van der Waals surface area contributed by atoms with Crippen LogP contribution in [0.2, 0.25) is 5.02 Å². The number of nitrogens with zero attached hydrogens (tertiary/aromatic N) is 1. The number of thiocarbonyl (C=S) groups is 1. The smallest absolute Gasteiger partial charge is 0.244 e. The maximum absolute atomic E-state index is 12.3. The number of benzene rings is 1. The predicted molar refractivity (Wildman–Crippen MR) is 86.2 cm³/mol. The SMILES string of the molecule is CC(Nc1cc(Cl)ccc1C(N)=S)C(=O)N1CCCC1. The van der Waals surface area contributed by atoms with Crippen molar-refractivity contribution in [3.8, 4) is 0 Å². The summed E-state index contributed by atoms with van der Waals surface area (Å²) in [6, 6.07) is 4.90. The molecule has 1 aliphatic rings. The standard InChI is InChI=1S/C14H18ClN3OS/c1-9(14(19)18-6-2-3-7-18)17-12-8-10(15)4-5-11(12)13(16)20/h4-5,8-9,17H,2-3,6-7H2,1H3,(H2,16,20). The Kier molecular flexibility index (Phi) is 4.83. The molecular formula is C14H18ClN3OS. The second-order valence-corrected chi connectivity index (χ2v) is 5.83. The molecule has 1 unspecified atom stereocenters. The van der Waals surface area contributed by atoms with Gasteiger partial charge in [-0.1, -0.05) is 23.8 Å². The second-order valence-electron chi connectivity index (χ2n) is 4.95. The second kappa shape index (κ2) is 6.41. The van der Waals surface area contributed by atoms with Crippen LogP contribution in [-0.2, 0) is 4.79 Å². The Hall–Kier alpha value is -1.33. The first-order valence-electron chi connectivity index (χ1n) is 6.63. The van der Waals surface area contributed by atoms with Gasteiger partial charge in [0.25, 0.3) is 0 Å². The number of rotatable bonds is 4. The topological polar surface area (TPSA) is 58.4 Å². The first kappa shape index (κ1) is 15.1. The molecule has 6 heteroatoms. The summed E-state index contributed by atoms with van der Waals surface area (Å²) in [4.78, 5) is 14.4. The van der Waals surface area contributed by atoms with Gasteiger partial charge in [-0.3, -0.25) is 4.79 Å². The van der Waals surface area contributed by atoms with E-state index in [4.69, 9.17) is 29.6 Å². The highest BCUT2D eigenvalue weighted by molar-refractivity contribution is 7.80. The number of hydrogen-bond acceptors (Lipinski definition) is 3. The number of carbonyl (C=O) groups is 1. The van der Waals surface area contributed by atoms with Gasteiger partial charge in [0, 0.05) is 29.4 Å². The maximum atomic E-state index is 12.3. The van der Waals surface area contributed by atoms with Gasteiger partial charge in [0.15, 0.2) is 0 Å². The Morgan fingerprint density at radius 3 is 2.70 bits per heavy atom. The highest BCUT2D eigenvalue weighted by Crippen LogP contribution is 2.22. The monoisotopic (exact) mass is 311 g/mol. The normalized spacial score (nSPS) is 16.0. The lowest BCUT2D eigenvalue weighted by Gasteiger charge is -2.23. The molecule has 1 amide bonds. The van der Waals surface area contributed by atoms with E-state index in [9.17, 15) is 4.79 Å². The van der Waals surface area contributed by atoms with Gasteiger partial charge >= 0.3 is 0 Å². The van der Waals surface area contributed by atoms with Gasteiger partial charge in [0.2, 0.25) is 5.91 Å². The largest absolute Gasteiger partial charge is 0.389 e. The van der Waals surface area contributed by atoms with E-state index in [0.717, 1.165) is 25.9 Å². The average molecular weight is 312 g/mol. The van der Waals surface area contributed by atoms with Crippen molar-refractivity contribution in [3.05, 3.63) is 28.8 Å². The highest BCUT2D eigenvalue weighted by Gasteiger charge is 2.23. The molecular weight excluding hydrogens is 294 g/mol. The van der Waals surface area contributed by atoms with Crippen molar-refractivity contribution in [1.29, 1.82) is 0 Å². The first-order valence-corrected chi connectivity index (χ1v) is 7.42. The van der Waals surface area contributed by atoms with E-state index in [1.165, 1.54) is 0 Å². The summed E-state index contributed by atoms with van der Waals surface area (Å²) in [5.74, 6) is 0.0939. The van der Waals surface area contributed by atoms with Gasteiger partial charge in [0.05, 0.1) is 0 Å². The number of amides is 1. The number of nitrogens with one attached hydrogen (secondary N) is 1. The van der Waals surface area contributed by atoms with E-state index in [1.807, 2.05) is 11.8 Å². The van der Waals surface area contributed by atoms with E-state index in [1.54, 1.807) is 18.2 Å². The molecule has 0 bridgehead atoms. The molecule has 0 radical (unpaired) electrons. The van der Waals surface area contributed by atoms with Crippen LogP contribution in [0.25, 0.3) is 0 Å². The first-order chi connectivity index (χ1) is 9.49. The third kappa shape index (κ3) is 3.41. The van der Waals surface area contributed by atoms with Crippen LogP contribution in [-0.4, -0.2) is 34.9 Å². The zero-order chi connectivity index (χ0) is 14.7. The quantitative estimate of drug-likeness (QED) is 0.838. The van der Waals surface area contributed by atoms with Crippen LogP contribution in [0.3, 0.4) is 0 Å². The minimum absolute atomic E-state index is 0.0939. The van der Waals surface area contributed by atoms with Crippen molar-refractivity contribution in [2.45, 2.75) is 25.8 Å². The van der Waals surface area contributed by atoms with Crippen molar-refractivity contribution >= 4 is 40.4 Å². The molecule has 20 heavy (non-hydrogen) atoms. The summed E-state index contributed by atoms with van der Waals surface area (Å²) < 4.78 is 0. The van der Waals surface area contributed by atoms with E-state index in [0.29, 0.717) is 16.3 Å². The molecule has 2 rings (SSSR count). The Morgan fingerprint density at radius 2 is 2.10 bits per heavy atom. The summed E-state index contributed by atoms with van der Waals surface area (Å²) >= 11 is 11.0. The molecule has 4 nitrogen and oxygen atoms in total. The van der Waals surface area contributed by atoms with Crippen molar-refractivity contribution in [2.24, 2.45) is 5.73 Å². The third-order valence-corrected chi connectivity index (χ3v) is 3.86. The summed E-state index contributed by atoms with van der Waals surface area (Å²) in [6.07, 6.45) is 2.15. The maximum Gasteiger partial charge on any atom is 0.244 e. The van der Waals surface area contributed by atoms with Crippen molar-refractivity contribution in [3.63, 3.8) is 0 Å². The van der Waals surface area contributed by atoms with E-state index < -0.39 is 0 Å². The minimum atomic E-state index is -0.334. The Morgan fingerprint density at radius 1 is 1.45 bits per heavy atom. The zero-order valence-electron chi connectivity index (χ0n) is 11.4. The molecule has 0 aromatic heterocycles. The fraction of sp³-hybridized carbons (Fsp3) is 0.429. The van der Waals surface area contributed by atoms with E-state index >= 15 is 0 Å². The Bertz CT molecular complexity index is 529. The molecule has 1 atom stereocenters. The molecule has 0 saturated carbocycles. The molecule has 1 heterocycles. The lowest BCUT2D eigenvalue weighted by atomic mass is 10.1. The zero-order valence-corrected chi connectivity index (χ0v) is 12.9. The molecule has 0 spiro atoms. The lowest BCUT2D eigenvalue weighted by Crippen LogP contribution is -2.40. The molecule has 108 valence electrons. The van der Waals surface area contributed by atoms with Gasteiger partial charge in [-0.25, -0.2) is 0 Å². The summed E-state index contributed by atoms with van der Waals surface area (Å²) in [6.45, 7) is 3.51. The fourth-order valence-electron chi connectivity index (χ4n) is 2.36. The van der Waals surface area contributed by atoms with Crippen LogP contribution in [0.4, 0.5) is 5.69 Å². The van der Waals surface area contributed by atoms with E-state index in [-0.39, 0.29) is 16.9 Å². The van der Waals surface area contributed by atoms with Crippen LogP contribution in [0.1, 0.15) is 25.3 Å². The number of carbonyl (C=O) groups excluding carboxylic acids is 1. The van der Waals surface area contributed by atoms with Gasteiger partial charge < -0.3 is 16.0 Å². The summed E-state index contributed by atoms with van der Waals surface area (Å²) in [7, 11) is 0. The van der Waals surface area contributed by atoms with Crippen molar-refractivity contribution < 1.29 is 4.79 Å². The molecule has 0 aliphatic carbocycles. The van der Waals surface area contributed by atoms with Crippen molar-refractivity contribution in [2.75, 3.05) is 18.4 Å². The minimum Gasteiger partial charge on any atom is -0.389 e. The molecule has 3 N–H and O–H groups in total. The molecule has 1 aromatic carbocycles. The third-order valence-electron chi connectivity index (χ3n) is 3.41. The Balaban J connectivity index is 2.14. The van der Waals surface area contributed by atoms with Crippen LogP contribution < -0.4 is 11.1 Å². The molecule has 1 aromatic rings. The van der Waals surface area contributed by atoms with Crippen LogP contribution in [0, 0.1) is 0 Å². The lowest BCUT2D eigenvalue weighted by molar-refractivity contribution is -0.130. The van der Waals surface area contributed by atoms with Gasteiger partial charge in [-0.2, -0.15) is 0 Å². The number of halogens is 1. The molecule has 1 fully saturated rings. The van der Waals surface area contributed by atoms with Gasteiger partial charge in [-0.15, -0.1) is 0 Å². The van der Waals surface area contributed by atoms with E-state index in [2.05, 4.69) is 5.32 Å². The average Bonchev–Trinajstić information content (AvgIpc) is 2.91. The van der Waals surface area contributed by atoms with Gasteiger partial charge in [0.1, 0.15) is 11.0 Å². The molecule has 1 aliphatic heterocycles. The summed E-state index contributed by atoms with van der Waals surface area (Å²) in [5, 5.41) is 3.74. The number of anilines is 1.